The number of carbonyl (C=O) groups excluding carboxylic acids is 3. The SMILES string of the molecule is COC(=O)N[C@H](C(=O)N1C[C@@H](S(C)=O)C[C@H]1c1nc(-c2ccc(-c3ccc(-c4nc([C@@H]5CCCN5C(=O)[C@H](COOC=N)C(C)C)[nH]c4Cl)cc3)cc2)c(Cl)[nH]1)C(C)C. The number of halogens is 2. The van der Waals surface area contributed by atoms with Gasteiger partial charge in [0, 0.05) is 41.3 Å². The molecule has 6 rings (SSSR count). The minimum Gasteiger partial charge on any atom is -0.453 e. The van der Waals surface area contributed by atoms with Gasteiger partial charge in [0.05, 0.1) is 30.4 Å². The summed E-state index contributed by atoms with van der Waals surface area (Å²) in [5.41, 5.74) is 4.60. The Morgan fingerprint density at radius 2 is 1.42 bits per heavy atom. The van der Waals surface area contributed by atoms with E-state index in [0.717, 1.165) is 35.1 Å². The molecule has 4 N–H and O–H groups in total. The van der Waals surface area contributed by atoms with Gasteiger partial charge in [-0.15, -0.1) is 0 Å². The first-order chi connectivity index (χ1) is 28.2. The maximum Gasteiger partial charge on any atom is 0.407 e. The van der Waals surface area contributed by atoms with Crippen molar-refractivity contribution in [1.29, 1.82) is 5.41 Å². The summed E-state index contributed by atoms with van der Waals surface area (Å²) in [6.07, 6.45) is 3.58. The highest BCUT2D eigenvalue weighted by molar-refractivity contribution is 7.84. The van der Waals surface area contributed by atoms with E-state index in [1.807, 2.05) is 81.1 Å². The molecule has 0 spiro atoms. The zero-order chi connectivity index (χ0) is 42.5. The fourth-order valence-corrected chi connectivity index (χ4v) is 9.04. The van der Waals surface area contributed by atoms with Crippen molar-refractivity contribution >= 4 is 58.3 Å². The number of hydrogen-bond donors (Lipinski definition) is 4. The number of nitrogens with one attached hydrogen (secondary N) is 4. The van der Waals surface area contributed by atoms with Crippen molar-refractivity contribution in [3.63, 3.8) is 0 Å². The molecule has 2 aromatic carbocycles. The molecule has 2 saturated heterocycles. The first-order valence-electron chi connectivity index (χ1n) is 19.5. The van der Waals surface area contributed by atoms with Crippen molar-refractivity contribution in [2.45, 2.75) is 70.3 Å². The van der Waals surface area contributed by atoms with Gasteiger partial charge in [-0.05, 0) is 42.2 Å². The Morgan fingerprint density at radius 1 is 0.881 bits per heavy atom. The van der Waals surface area contributed by atoms with E-state index in [9.17, 15) is 18.6 Å². The molecule has 1 unspecified atom stereocenters. The third-order valence-corrected chi connectivity index (χ3v) is 12.9. The Balaban J connectivity index is 1.17. The van der Waals surface area contributed by atoms with Crippen LogP contribution in [0.15, 0.2) is 48.5 Å². The topological polar surface area (TPSA) is 196 Å². The number of ether oxygens (including phenoxy) is 1. The molecule has 3 amide bonds. The molecular formula is C41H50Cl2N8O7S. The lowest BCUT2D eigenvalue weighted by molar-refractivity contribution is -0.229. The van der Waals surface area contributed by atoms with E-state index in [1.165, 1.54) is 7.11 Å². The van der Waals surface area contributed by atoms with Crippen LogP contribution in [0.2, 0.25) is 10.3 Å². The number of amides is 3. The highest BCUT2D eigenvalue weighted by atomic mass is 35.5. The van der Waals surface area contributed by atoms with Gasteiger partial charge in [-0.2, -0.15) is 4.89 Å². The second-order valence-electron chi connectivity index (χ2n) is 15.5. The highest BCUT2D eigenvalue weighted by Gasteiger charge is 2.43. The number of nitrogens with zero attached hydrogens (tertiary/aromatic N) is 4. The number of alkyl carbamates (subject to hydrolysis) is 1. The van der Waals surface area contributed by atoms with E-state index in [0.29, 0.717) is 52.7 Å². The lowest BCUT2D eigenvalue weighted by atomic mass is 9.95. The third-order valence-electron chi connectivity index (χ3n) is 11.1. The van der Waals surface area contributed by atoms with E-state index in [1.54, 1.807) is 11.2 Å². The molecule has 2 aliphatic heterocycles. The molecule has 15 nitrogen and oxygen atoms in total. The molecule has 0 saturated carbocycles. The van der Waals surface area contributed by atoms with Crippen LogP contribution in [-0.4, -0.2) is 103 Å². The summed E-state index contributed by atoms with van der Waals surface area (Å²) in [5, 5.41) is 10.1. The first kappa shape index (κ1) is 43.8. The predicted molar refractivity (Wildman–Crippen MR) is 226 cm³/mol. The van der Waals surface area contributed by atoms with E-state index < -0.39 is 34.9 Å². The minimum atomic E-state index is -1.20. The Morgan fingerprint density at radius 3 is 1.92 bits per heavy atom. The third kappa shape index (κ3) is 9.66. The Labute approximate surface area is 355 Å². The van der Waals surface area contributed by atoms with E-state index in [2.05, 4.69) is 20.2 Å². The monoisotopic (exact) mass is 868 g/mol. The summed E-state index contributed by atoms with van der Waals surface area (Å²) >= 11 is 13.5. The summed E-state index contributed by atoms with van der Waals surface area (Å²) in [4.78, 5) is 68.8. The quantitative estimate of drug-likeness (QED) is 0.0311. The Bertz CT molecular complexity index is 2160. The van der Waals surface area contributed by atoms with Gasteiger partial charge in [0.25, 0.3) is 0 Å². The van der Waals surface area contributed by atoms with Gasteiger partial charge in [0.2, 0.25) is 18.2 Å². The molecular weight excluding hydrogens is 819 g/mol. The molecule has 2 aliphatic rings. The van der Waals surface area contributed by atoms with Gasteiger partial charge in [-0.25, -0.2) is 14.8 Å². The summed E-state index contributed by atoms with van der Waals surface area (Å²) < 4.78 is 17.4. The number of aromatic amines is 2. The number of hydrogen-bond acceptors (Lipinski definition) is 10. The smallest absolute Gasteiger partial charge is 0.407 e. The number of carbonyl (C=O) groups is 3. The number of methoxy groups -OCH3 is 1. The van der Waals surface area contributed by atoms with Crippen LogP contribution in [0.1, 0.15) is 70.7 Å². The van der Waals surface area contributed by atoms with E-state index >= 15 is 0 Å². The molecule has 2 aromatic heterocycles. The average molecular weight is 870 g/mol. The largest absolute Gasteiger partial charge is 0.453 e. The lowest BCUT2D eigenvalue weighted by Gasteiger charge is -2.29. The van der Waals surface area contributed by atoms with Crippen molar-refractivity contribution in [2.75, 3.05) is 33.1 Å². The summed E-state index contributed by atoms with van der Waals surface area (Å²) in [5.74, 6) is 0.0454. The van der Waals surface area contributed by atoms with Crippen LogP contribution >= 0.6 is 23.2 Å². The van der Waals surface area contributed by atoms with Gasteiger partial charge >= 0.3 is 6.09 Å². The summed E-state index contributed by atoms with van der Waals surface area (Å²) in [6, 6.07) is 14.0. The second kappa shape index (κ2) is 19.1. The zero-order valence-electron chi connectivity index (χ0n) is 33.8. The van der Waals surface area contributed by atoms with Crippen LogP contribution in [0.25, 0.3) is 33.6 Å². The molecule has 6 atom stereocenters. The van der Waals surface area contributed by atoms with Gasteiger partial charge in [0.1, 0.15) is 46.0 Å². The molecule has 4 heterocycles. The number of benzene rings is 2. The summed E-state index contributed by atoms with van der Waals surface area (Å²) in [6.45, 7) is 8.44. The zero-order valence-corrected chi connectivity index (χ0v) is 36.1. The lowest BCUT2D eigenvalue weighted by Crippen LogP contribution is -2.51. The normalized spacial score (nSPS) is 19.5. The van der Waals surface area contributed by atoms with Gasteiger partial charge in [-0.3, -0.25) is 19.2 Å². The number of H-pyrrole nitrogens is 2. The van der Waals surface area contributed by atoms with Gasteiger partial charge < -0.3 is 34.7 Å². The van der Waals surface area contributed by atoms with Gasteiger partial charge in [0.15, 0.2) is 0 Å². The number of rotatable bonds is 15. The maximum atomic E-state index is 13.9. The molecule has 316 valence electrons. The van der Waals surface area contributed by atoms with Crippen LogP contribution in [0.5, 0.6) is 0 Å². The number of likely N-dealkylation sites (tertiary alicyclic amines) is 2. The highest BCUT2D eigenvalue weighted by Crippen LogP contribution is 2.39. The Kier molecular flexibility index (Phi) is 14.2. The fourth-order valence-electron chi connectivity index (χ4n) is 7.72. The molecule has 18 heteroatoms. The van der Waals surface area contributed by atoms with Crippen molar-refractivity contribution in [3.8, 4) is 33.6 Å². The van der Waals surface area contributed by atoms with Crippen LogP contribution in [-0.2, 0) is 34.9 Å². The number of aromatic nitrogens is 4. The predicted octanol–water partition coefficient (Wildman–Crippen LogP) is 7.33. The molecule has 0 radical (unpaired) electrons. The molecule has 4 aromatic rings. The summed E-state index contributed by atoms with van der Waals surface area (Å²) in [7, 11) is 0.0412. The molecule has 0 aliphatic carbocycles. The van der Waals surface area contributed by atoms with E-state index in [-0.39, 0.29) is 48.1 Å². The van der Waals surface area contributed by atoms with Crippen LogP contribution < -0.4 is 5.32 Å². The van der Waals surface area contributed by atoms with E-state index in [4.69, 9.17) is 48.2 Å². The van der Waals surface area contributed by atoms with Crippen molar-refractivity contribution in [1.82, 2.24) is 35.1 Å². The average Bonchev–Trinajstić information content (AvgIpc) is 4.04. The minimum absolute atomic E-state index is 0.00212. The number of imidazole rings is 2. The Hall–Kier alpha value is -4.77. The maximum absolute atomic E-state index is 13.9. The van der Waals surface area contributed by atoms with Crippen molar-refractivity contribution in [2.24, 2.45) is 17.8 Å². The van der Waals surface area contributed by atoms with Gasteiger partial charge in [-0.1, -0.05) is 99.4 Å². The first-order valence-corrected chi connectivity index (χ1v) is 21.9. The van der Waals surface area contributed by atoms with Crippen LogP contribution in [0.3, 0.4) is 0 Å². The second-order valence-corrected chi connectivity index (χ2v) is 17.9. The standard InChI is InChI=1S/C41H50Cl2N8O7S/c1-22(2)29(20-57-58-21-44)39(52)50-17-7-8-30(50)37-45-33(35(42)48-37)26-13-9-24(10-14-26)25-11-15-27(16-12-25)34-36(43)49-38(46-34)31-18-28(59(6)55)19-51(31)40(53)32(23(3)4)47-41(54)56-5/h9-16,21-23,28-32,44H,7-8,17-20H2,1-6H3,(H,45,48)(H,46,49)(H,47,54)/t28-,29+,30-,31-,32-,59?/m0/s1. The van der Waals surface area contributed by atoms with Crippen LogP contribution in [0.4, 0.5) is 4.79 Å². The van der Waals surface area contributed by atoms with Crippen molar-refractivity contribution in [3.05, 3.63) is 70.5 Å². The van der Waals surface area contributed by atoms with Crippen LogP contribution in [0, 0.1) is 23.2 Å². The van der Waals surface area contributed by atoms with Crippen molar-refractivity contribution < 1.29 is 33.1 Å². The molecule has 0 bridgehead atoms. The molecule has 2 fully saturated rings. The fraction of sp³-hybridized carbons (Fsp3) is 0.463. The molecule has 59 heavy (non-hydrogen) atoms.